The van der Waals surface area contributed by atoms with E-state index < -0.39 is 28.9 Å². The number of phenols is 1. The van der Waals surface area contributed by atoms with Crippen molar-refractivity contribution in [1.82, 2.24) is 10.2 Å². The van der Waals surface area contributed by atoms with Gasteiger partial charge in [0.15, 0.2) is 5.03 Å². The van der Waals surface area contributed by atoms with Crippen LogP contribution < -0.4 is 16.8 Å². The summed E-state index contributed by atoms with van der Waals surface area (Å²) in [7, 11) is 0. The van der Waals surface area contributed by atoms with Crippen molar-refractivity contribution in [2.75, 3.05) is 6.54 Å². The summed E-state index contributed by atoms with van der Waals surface area (Å²) < 4.78 is 0. The van der Waals surface area contributed by atoms with Crippen LogP contribution in [0.2, 0.25) is 0 Å². The summed E-state index contributed by atoms with van der Waals surface area (Å²) in [5.74, 6) is -2.32. The SMILES string of the molecule is NCCC[C@@H](C(=O)NC(N)=N[N+](=O)[O-])N(Cc1ccc(-c2ccc(O)cc2)cc1)C(=O)C(c1ccccc1)c1ccccc1. The number of nitrogens with one attached hydrogen (secondary N) is 1. The van der Waals surface area contributed by atoms with E-state index in [2.05, 4.69) is 10.4 Å². The van der Waals surface area contributed by atoms with Crippen LogP contribution >= 0.6 is 0 Å². The first-order chi connectivity index (χ1) is 21.3. The van der Waals surface area contributed by atoms with E-state index in [9.17, 15) is 24.8 Å². The Morgan fingerprint density at radius 2 is 1.39 bits per heavy atom. The number of hydrogen-bond acceptors (Lipinski definition) is 6. The molecular formula is C33H34N6O5. The lowest BCUT2D eigenvalue weighted by atomic mass is 9.89. The maximum atomic E-state index is 14.7. The minimum absolute atomic E-state index is 0.0554. The highest BCUT2D eigenvalue weighted by molar-refractivity contribution is 6.00. The monoisotopic (exact) mass is 594 g/mol. The van der Waals surface area contributed by atoms with Gasteiger partial charge in [-0.1, -0.05) is 97.1 Å². The van der Waals surface area contributed by atoms with Crippen LogP contribution in [0.5, 0.6) is 5.75 Å². The lowest BCUT2D eigenvalue weighted by molar-refractivity contribution is -0.485. The molecule has 4 aromatic rings. The third-order valence-electron chi connectivity index (χ3n) is 7.10. The van der Waals surface area contributed by atoms with Gasteiger partial charge in [0.2, 0.25) is 11.8 Å². The molecule has 226 valence electrons. The van der Waals surface area contributed by atoms with E-state index in [1.807, 2.05) is 84.9 Å². The van der Waals surface area contributed by atoms with Gasteiger partial charge in [-0.05, 0) is 59.3 Å². The number of nitrogens with zero attached hydrogens (tertiary/aromatic N) is 3. The molecule has 0 bridgehead atoms. The Bertz CT molecular complexity index is 1540. The van der Waals surface area contributed by atoms with Crippen LogP contribution in [-0.4, -0.2) is 45.4 Å². The third kappa shape index (κ3) is 8.26. The average molecular weight is 595 g/mol. The molecule has 11 heteroatoms. The molecule has 44 heavy (non-hydrogen) atoms. The molecule has 2 amide bonds. The molecule has 0 aliphatic carbocycles. The number of hydrogen-bond donors (Lipinski definition) is 4. The number of rotatable bonds is 12. The predicted octanol–water partition coefficient (Wildman–Crippen LogP) is 3.95. The molecule has 0 unspecified atom stereocenters. The Hall–Kier alpha value is -5.55. The van der Waals surface area contributed by atoms with E-state index in [1.54, 1.807) is 24.3 Å². The van der Waals surface area contributed by atoms with E-state index in [0.717, 1.165) is 27.8 Å². The zero-order valence-corrected chi connectivity index (χ0v) is 24.0. The Morgan fingerprint density at radius 1 is 0.864 bits per heavy atom. The zero-order valence-electron chi connectivity index (χ0n) is 24.0. The molecule has 4 rings (SSSR count). The zero-order chi connectivity index (χ0) is 31.5. The van der Waals surface area contributed by atoms with Gasteiger partial charge in [0.25, 0.3) is 5.96 Å². The second-order valence-corrected chi connectivity index (χ2v) is 10.1. The van der Waals surface area contributed by atoms with E-state index in [-0.39, 0.29) is 31.2 Å². The van der Waals surface area contributed by atoms with Crippen molar-refractivity contribution < 1.29 is 19.7 Å². The minimum atomic E-state index is -1.07. The van der Waals surface area contributed by atoms with Crippen molar-refractivity contribution in [1.29, 1.82) is 0 Å². The number of aromatic hydroxyl groups is 1. The fourth-order valence-corrected chi connectivity index (χ4v) is 4.99. The number of nitro groups is 1. The van der Waals surface area contributed by atoms with Crippen LogP contribution in [0.15, 0.2) is 114 Å². The van der Waals surface area contributed by atoms with Crippen LogP contribution in [-0.2, 0) is 16.1 Å². The second kappa shape index (κ2) is 15.1. The molecule has 0 fully saturated rings. The lowest BCUT2D eigenvalue weighted by Gasteiger charge is -2.34. The van der Waals surface area contributed by atoms with E-state index in [0.29, 0.717) is 6.42 Å². The molecule has 0 spiro atoms. The molecule has 0 aliphatic rings. The smallest absolute Gasteiger partial charge is 0.272 e. The summed E-state index contributed by atoms with van der Waals surface area (Å²) in [6, 6.07) is 31.8. The summed E-state index contributed by atoms with van der Waals surface area (Å²) in [6.45, 7) is 0.312. The number of phenolic OH excluding ortho intramolecular Hbond substituents is 1. The van der Waals surface area contributed by atoms with Gasteiger partial charge >= 0.3 is 0 Å². The molecule has 1 atom stereocenters. The number of hydrazone groups is 1. The summed E-state index contributed by atoms with van der Waals surface area (Å²) in [6.07, 6.45) is 0.580. The molecule has 4 aromatic carbocycles. The fraction of sp³-hybridized carbons (Fsp3) is 0.182. The first-order valence-corrected chi connectivity index (χ1v) is 14.0. The maximum absolute atomic E-state index is 14.7. The van der Waals surface area contributed by atoms with Gasteiger partial charge in [0.1, 0.15) is 16.9 Å². The number of carbonyl (C=O) groups excluding carboxylic acids is 2. The highest BCUT2D eigenvalue weighted by Crippen LogP contribution is 2.30. The number of nitrogens with two attached hydrogens (primary N) is 2. The van der Waals surface area contributed by atoms with Crippen molar-refractivity contribution in [3.63, 3.8) is 0 Å². The first kappa shape index (κ1) is 31.4. The largest absolute Gasteiger partial charge is 0.508 e. The van der Waals surface area contributed by atoms with Crippen LogP contribution in [0.25, 0.3) is 11.1 Å². The second-order valence-electron chi connectivity index (χ2n) is 10.1. The van der Waals surface area contributed by atoms with Gasteiger partial charge in [0.05, 0.1) is 5.92 Å². The molecule has 0 aliphatic heterocycles. The number of guanidine groups is 1. The normalized spacial score (nSPS) is 12.0. The Labute approximate surface area is 255 Å². The van der Waals surface area contributed by atoms with Crippen molar-refractivity contribution in [2.45, 2.75) is 31.3 Å². The third-order valence-corrected chi connectivity index (χ3v) is 7.10. The molecule has 11 nitrogen and oxygen atoms in total. The summed E-state index contributed by atoms with van der Waals surface area (Å²) in [5.41, 5.74) is 15.5. The van der Waals surface area contributed by atoms with E-state index >= 15 is 0 Å². The highest BCUT2D eigenvalue weighted by atomic mass is 16.7. The topological polar surface area (TPSA) is 177 Å². The van der Waals surface area contributed by atoms with Crippen LogP contribution in [0.1, 0.15) is 35.4 Å². The van der Waals surface area contributed by atoms with Gasteiger partial charge in [0, 0.05) is 6.54 Å². The van der Waals surface area contributed by atoms with Crippen molar-refractivity contribution in [3.05, 3.63) is 136 Å². The Morgan fingerprint density at radius 3 is 1.89 bits per heavy atom. The Kier molecular flexibility index (Phi) is 10.8. The van der Waals surface area contributed by atoms with Crippen LogP contribution in [0, 0.1) is 10.1 Å². The standard InChI is InChI=1S/C33H34N6O5/c34-21-7-12-29(31(41)36-33(35)37-39(43)44)38(22-23-13-15-24(16-14-23)25-17-19-28(40)20-18-25)32(42)30(26-8-3-1-4-9-26)27-10-5-2-6-11-27/h1-6,8-11,13-20,29-30,40H,7,12,21-22,34H2,(H3,35,36,37,41)/t29-/m0/s1. The Balaban J connectivity index is 1.76. The molecule has 0 aromatic heterocycles. The van der Waals surface area contributed by atoms with Gasteiger partial charge in [-0.15, -0.1) is 0 Å². The summed E-state index contributed by atoms with van der Waals surface area (Å²) in [4.78, 5) is 40.6. The molecule has 0 radical (unpaired) electrons. The number of carbonyl (C=O) groups is 2. The predicted molar refractivity (Wildman–Crippen MR) is 168 cm³/mol. The van der Waals surface area contributed by atoms with Gasteiger partial charge in [-0.25, -0.2) is 10.1 Å². The van der Waals surface area contributed by atoms with Gasteiger partial charge in [-0.2, -0.15) is 0 Å². The number of benzene rings is 4. The van der Waals surface area contributed by atoms with Gasteiger partial charge < -0.3 is 21.5 Å². The first-order valence-electron chi connectivity index (χ1n) is 14.0. The lowest BCUT2D eigenvalue weighted by Crippen LogP contribution is -2.53. The fourth-order valence-electron chi connectivity index (χ4n) is 4.99. The van der Waals surface area contributed by atoms with Crippen molar-refractivity contribution >= 4 is 17.8 Å². The van der Waals surface area contributed by atoms with Gasteiger partial charge in [-0.3, -0.25) is 14.9 Å². The van der Waals surface area contributed by atoms with E-state index in [1.165, 1.54) is 4.90 Å². The highest BCUT2D eigenvalue weighted by Gasteiger charge is 2.35. The van der Waals surface area contributed by atoms with Crippen LogP contribution in [0.3, 0.4) is 0 Å². The molecule has 0 heterocycles. The molecule has 0 saturated carbocycles. The maximum Gasteiger partial charge on any atom is 0.272 e. The van der Waals surface area contributed by atoms with E-state index in [4.69, 9.17) is 11.5 Å². The molecule has 6 N–H and O–H groups in total. The summed E-state index contributed by atoms with van der Waals surface area (Å²) in [5, 5.41) is 24.8. The summed E-state index contributed by atoms with van der Waals surface area (Å²) >= 11 is 0. The quantitative estimate of drug-likeness (QED) is 0.0830. The number of amides is 2. The van der Waals surface area contributed by atoms with Crippen LogP contribution in [0.4, 0.5) is 0 Å². The van der Waals surface area contributed by atoms with Crippen molar-refractivity contribution in [2.24, 2.45) is 16.6 Å². The van der Waals surface area contributed by atoms with Crippen molar-refractivity contribution in [3.8, 4) is 16.9 Å². The molecule has 0 saturated heterocycles. The minimum Gasteiger partial charge on any atom is -0.508 e. The molecular weight excluding hydrogens is 560 g/mol. The average Bonchev–Trinajstić information content (AvgIpc) is 3.02.